The van der Waals surface area contributed by atoms with Gasteiger partial charge in [-0.3, -0.25) is 9.10 Å². The maximum atomic E-state index is 13.9. The molecule has 0 fully saturated rings. The molecule has 0 saturated carbocycles. The van der Waals surface area contributed by atoms with Crippen LogP contribution in [0, 0.1) is 18.6 Å². The molecule has 0 aliphatic carbocycles. The Morgan fingerprint density at radius 1 is 0.935 bits per heavy atom. The maximum absolute atomic E-state index is 13.9. The van der Waals surface area contributed by atoms with Crippen LogP contribution < -0.4 is 15.4 Å². The van der Waals surface area contributed by atoms with E-state index in [0.717, 1.165) is 30.7 Å². The van der Waals surface area contributed by atoms with Crippen LogP contribution in [0.5, 0.6) is 0 Å². The summed E-state index contributed by atoms with van der Waals surface area (Å²) in [6, 6.07) is 14.1. The van der Waals surface area contributed by atoms with Crippen molar-refractivity contribution in [1.82, 2.24) is 10.2 Å². The first kappa shape index (κ1) is 36.6. The van der Waals surface area contributed by atoms with Crippen molar-refractivity contribution >= 4 is 27.6 Å². The number of hydrogen-bond donors (Lipinski definition) is 2. The number of esters is 1. The third-order valence-corrected chi connectivity index (χ3v) is 8.62. The van der Waals surface area contributed by atoms with E-state index >= 15 is 0 Å². The van der Waals surface area contributed by atoms with Crippen molar-refractivity contribution in [3.63, 3.8) is 0 Å². The quantitative estimate of drug-likeness (QED) is 0.212. The second-order valence-corrected chi connectivity index (χ2v) is 13.5. The zero-order valence-corrected chi connectivity index (χ0v) is 27.9. The number of anilines is 1. The molecule has 1 amide bonds. The number of hydrogen-bond acceptors (Lipinski definition) is 7. The summed E-state index contributed by atoms with van der Waals surface area (Å²) in [6.45, 7) is 7.33. The third kappa shape index (κ3) is 10.6. The van der Waals surface area contributed by atoms with Crippen LogP contribution in [0.25, 0.3) is 0 Å². The van der Waals surface area contributed by atoms with Gasteiger partial charge in [-0.25, -0.2) is 22.0 Å². The van der Waals surface area contributed by atoms with Crippen molar-refractivity contribution in [3.8, 4) is 0 Å². The van der Waals surface area contributed by atoms with Crippen molar-refractivity contribution < 1.29 is 31.5 Å². The van der Waals surface area contributed by atoms with Crippen LogP contribution in [0.2, 0.25) is 0 Å². The Bertz CT molecular complexity index is 1590. The number of nitrogens with zero attached hydrogens (tertiary/aromatic N) is 2. The predicted molar refractivity (Wildman–Crippen MR) is 176 cm³/mol. The van der Waals surface area contributed by atoms with Gasteiger partial charge in [-0.05, 0) is 85.3 Å². The SMILES string of the molecule is CCCN(CCC)C(=O)c1cc(C)cc(C(=O)O[C@H](CNCc2cccc(N(C)S(C)(=O)=O)c2)[C@@H](N)Cc2cc(F)cc(F)c2)c1. The topological polar surface area (TPSA) is 122 Å². The zero-order valence-electron chi connectivity index (χ0n) is 27.1. The number of amides is 1. The summed E-state index contributed by atoms with van der Waals surface area (Å²) in [5, 5.41) is 3.20. The lowest BCUT2D eigenvalue weighted by Gasteiger charge is -2.25. The van der Waals surface area contributed by atoms with E-state index in [4.69, 9.17) is 10.5 Å². The number of nitrogens with two attached hydrogens (primary N) is 1. The minimum atomic E-state index is -3.45. The Morgan fingerprint density at radius 2 is 1.57 bits per heavy atom. The zero-order chi connectivity index (χ0) is 34.0. The summed E-state index contributed by atoms with van der Waals surface area (Å²) in [5.41, 5.74) is 9.31. The van der Waals surface area contributed by atoms with Gasteiger partial charge < -0.3 is 20.7 Å². The highest BCUT2D eigenvalue weighted by atomic mass is 32.2. The van der Waals surface area contributed by atoms with Crippen LogP contribution in [0.4, 0.5) is 14.5 Å². The Labute approximate surface area is 270 Å². The number of sulfonamides is 1. The van der Waals surface area contributed by atoms with Gasteiger partial charge in [0, 0.05) is 50.9 Å². The van der Waals surface area contributed by atoms with Crippen LogP contribution in [-0.2, 0) is 27.7 Å². The van der Waals surface area contributed by atoms with Gasteiger partial charge in [-0.1, -0.05) is 26.0 Å². The fraction of sp³-hybridized carbons (Fsp3) is 0.412. The number of rotatable bonds is 16. The number of carbonyl (C=O) groups excluding carboxylic acids is 2. The fourth-order valence-electron chi connectivity index (χ4n) is 5.09. The molecule has 9 nitrogen and oxygen atoms in total. The fourth-order valence-corrected chi connectivity index (χ4v) is 5.59. The normalized spacial score (nSPS) is 12.8. The van der Waals surface area contributed by atoms with Gasteiger partial charge in [0.25, 0.3) is 5.91 Å². The summed E-state index contributed by atoms with van der Waals surface area (Å²) >= 11 is 0. The molecule has 0 aliphatic rings. The molecule has 3 aromatic rings. The van der Waals surface area contributed by atoms with Crippen molar-refractivity contribution in [3.05, 3.63) is 100 Å². The van der Waals surface area contributed by atoms with Gasteiger partial charge in [0.2, 0.25) is 10.0 Å². The molecule has 0 aliphatic heterocycles. The molecule has 3 aromatic carbocycles. The van der Waals surface area contributed by atoms with Crippen molar-refractivity contribution in [2.45, 2.75) is 58.7 Å². The lowest BCUT2D eigenvalue weighted by molar-refractivity contribution is 0.0238. The molecule has 250 valence electrons. The number of aryl methyl sites for hydroxylation is 1. The summed E-state index contributed by atoms with van der Waals surface area (Å²) in [4.78, 5) is 28.5. The number of nitrogens with one attached hydrogen (secondary N) is 1. The Hall–Kier alpha value is -3.87. The van der Waals surface area contributed by atoms with Crippen LogP contribution in [-0.4, -0.2) is 70.3 Å². The standard InChI is InChI=1S/C34H44F2N4O5S/c1-6-11-40(12-7-2)33(41)26-13-23(3)14-27(19-26)34(42)45-32(31(37)18-25-15-28(35)20-29(36)16-25)22-38-21-24-9-8-10-30(17-24)39(4)46(5,43)44/h8-10,13-17,19-20,31-32,38H,6-7,11-12,18,21-22,37H2,1-5H3/t31-,32+/m0/s1. The highest BCUT2D eigenvalue weighted by molar-refractivity contribution is 7.92. The summed E-state index contributed by atoms with van der Waals surface area (Å²) in [7, 11) is -2.00. The molecule has 12 heteroatoms. The second kappa shape index (κ2) is 16.6. The van der Waals surface area contributed by atoms with Gasteiger partial charge in [0.1, 0.15) is 17.7 Å². The summed E-state index contributed by atoms with van der Waals surface area (Å²) < 4.78 is 58.8. The van der Waals surface area contributed by atoms with Crippen LogP contribution in [0.3, 0.4) is 0 Å². The predicted octanol–water partition coefficient (Wildman–Crippen LogP) is 4.82. The first-order chi connectivity index (χ1) is 21.7. The van der Waals surface area contributed by atoms with Gasteiger partial charge in [-0.15, -0.1) is 0 Å². The second-order valence-electron chi connectivity index (χ2n) is 11.5. The molecule has 3 rings (SSSR count). The smallest absolute Gasteiger partial charge is 0.338 e. The van der Waals surface area contributed by atoms with E-state index < -0.39 is 39.8 Å². The monoisotopic (exact) mass is 658 g/mol. The highest BCUT2D eigenvalue weighted by Gasteiger charge is 2.25. The average molecular weight is 659 g/mol. The van der Waals surface area contributed by atoms with E-state index in [-0.39, 0.29) is 31.0 Å². The van der Waals surface area contributed by atoms with E-state index in [2.05, 4.69) is 5.32 Å². The molecule has 0 aromatic heterocycles. The lowest BCUT2D eigenvalue weighted by atomic mass is 10.0. The molecule has 0 bridgehead atoms. The van der Waals surface area contributed by atoms with E-state index in [1.807, 2.05) is 19.9 Å². The number of carbonyl (C=O) groups is 2. The van der Waals surface area contributed by atoms with Crippen LogP contribution in [0.1, 0.15) is 64.1 Å². The first-order valence-electron chi connectivity index (χ1n) is 15.3. The largest absolute Gasteiger partial charge is 0.456 e. The number of ether oxygens (including phenoxy) is 1. The van der Waals surface area contributed by atoms with Crippen molar-refractivity contribution in [2.75, 3.05) is 37.2 Å². The van der Waals surface area contributed by atoms with E-state index in [1.54, 1.807) is 42.2 Å². The third-order valence-electron chi connectivity index (χ3n) is 7.41. The first-order valence-corrected chi connectivity index (χ1v) is 17.1. The summed E-state index contributed by atoms with van der Waals surface area (Å²) in [5.74, 6) is -2.36. The maximum Gasteiger partial charge on any atom is 0.338 e. The molecular weight excluding hydrogens is 614 g/mol. The van der Waals surface area contributed by atoms with Crippen LogP contribution >= 0.6 is 0 Å². The Kier molecular flexibility index (Phi) is 13.2. The van der Waals surface area contributed by atoms with Crippen molar-refractivity contribution in [2.24, 2.45) is 5.73 Å². The molecule has 0 spiro atoms. The summed E-state index contributed by atoms with van der Waals surface area (Å²) in [6.07, 6.45) is 1.79. The van der Waals surface area contributed by atoms with E-state index in [9.17, 15) is 26.8 Å². The van der Waals surface area contributed by atoms with Gasteiger partial charge >= 0.3 is 5.97 Å². The average Bonchev–Trinajstić information content (AvgIpc) is 2.98. The minimum Gasteiger partial charge on any atom is -0.456 e. The Balaban J connectivity index is 1.83. The lowest BCUT2D eigenvalue weighted by Crippen LogP contribution is -2.46. The minimum absolute atomic E-state index is 0.0174. The van der Waals surface area contributed by atoms with Gasteiger partial charge in [-0.2, -0.15) is 0 Å². The van der Waals surface area contributed by atoms with Crippen molar-refractivity contribution in [1.29, 1.82) is 0 Å². The van der Waals surface area contributed by atoms with E-state index in [1.165, 1.54) is 29.6 Å². The molecule has 0 heterocycles. The molecular formula is C34H44F2N4O5S. The Morgan fingerprint density at radius 3 is 2.17 bits per heavy atom. The molecule has 0 unspecified atom stereocenters. The highest BCUT2D eigenvalue weighted by Crippen LogP contribution is 2.19. The van der Waals surface area contributed by atoms with Crippen LogP contribution in [0.15, 0.2) is 60.7 Å². The molecule has 46 heavy (non-hydrogen) atoms. The molecule has 0 radical (unpaired) electrons. The molecule has 0 saturated heterocycles. The van der Waals surface area contributed by atoms with Gasteiger partial charge in [0.15, 0.2) is 0 Å². The number of benzene rings is 3. The number of halogens is 2. The van der Waals surface area contributed by atoms with Gasteiger partial charge in [0.05, 0.1) is 17.5 Å². The van der Waals surface area contributed by atoms with E-state index in [0.29, 0.717) is 35.5 Å². The molecule has 3 N–H and O–H groups in total. The molecule has 2 atom stereocenters.